The first-order chi connectivity index (χ1) is 13.0. The summed E-state index contributed by atoms with van der Waals surface area (Å²) in [6, 6.07) is 18.5. The molecule has 0 saturated heterocycles. The molecule has 2 N–H and O–H groups in total. The number of nitrogens with one attached hydrogen (secondary N) is 1. The number of rotatable bonds is 7. The van der Waals surface area contributed by atoms with E-state index in [2.05, 4.69) is 10.5 Å². The van der Waals surface area contributed by atoms with Crippen molar-refractivity contribution < 1.29 is 19.2 Å². The average Bonchev–Trinajstić information content (AvgIpc) is 3.17. The Morgan fingerprint density at radius 2 is 1.89 bits per heavy atom. The van der Waals surface area contributed by atoms with Crippen LogP contribution in [0.3, 0.4) is 0 Å². The predicted molar refractivity (Wildman–Crippen MR) is 102 cm³/mol. The van der Waals surface area contributed by atoms with E-state index in [0.717, 1.165) is 16.9 Å². The Morgan fingerprint density at radius 3 is 2.56 bits per heavy atom. The fourth-order valence-electron chi connectivity index (χ4n) is 2.73. The highest BCUT2D eigenvalue weighted by molar-refractivity contribution is 5.93. The molecule has 0 unspecified atom stereocenters. The largest absolute Gasteiger partial charge is 0.497 e. The molecule has 0 bridgehead atoms. The highest BCUT2D eigenvalue weighted by Crippen LogP contribution is 2.20. The van der Waals surface area contributed by atoms with Gasteiger partial charge in [0.25, 0.3) is 5.91 Å². The second kappa shape index (κ2) is 8.05. The molecule has 0 fully saturated rings. The number of methoxy groups -OCH3 is 1. The number of carbonyl (C=O) groups excluding carboxylic acids is 1. The maximum absolute atomic E-state index is 12.3. The predicted octanol–water partition coefficient (Wildman–Crippen LogP) is 3.07. The summed E-state index contributed by atoms with van der Waals surface area (Å²) in [5, 5.41) is 17.1. The summed E-state index contributed by atoms with van der Waals surface area (Å²) in [7, 11) is 1.60. The van der Waals surface area contributed by atoms with Crippen LogP contribution in [0.5, 0.6) is 5.75 Å². The van der Waals surface area contributed by atoms with E-state index < -0.39 is 11.5 Å². The number of aromatic nitrogens is 1. The SMILES string of the molecule is COc1ccc(C[C@](C)(O)CNC(=O)c2cc(-c3ccccc3)on2)cc1. The first kappa shape index (κ1) is 18.7. The molecule has 1 heterocycles. The zero-order chi connectivity index (χ0) is 19.3. The number of amides is 1. The molecule has 6 heteroatoms. The summed E-state index contributed by atoms with van der Waals surface area (Å²) < 4.78 is 10.4. The minimum Gasteiger partial charge on any atom is -0.497 e. The van der Waals surface area contributed by atoms with Gasteiger partial charge in [0.2, 0.25) is 0 Å². The van der Waals surface area contributed by atoms with E-state index in [1.807, 2.05) is 54.6 Å². The molecule has 0 aliphatic carbocycles. The summed E-state index contributed by atoms with van der Waals surface area (Å²) in [5.41, 5.74) is 0.864. The van der Waals surface area contributed by atoms with Gasteiger partial charge in [-0.2, -0.15) is 0 Å². The molecule has 3 aromatic rings. The molecule has 1 atom stereocenters. The molecule has 3 rings (SSSR count). The Bertz CT molecular complexity index is 886. The molecular formula is C21H22N2O4. The number of ether oxygens (including phenoxy) is 1. The number of nitrogens with zero attached hydrogens (tertiary/aromatic N) is 1. The van der Waals surface area contributed by atoms with Crippen molar-refractivity contribution in [2.75, 3.05) is 13.7 Å². The molecule has 1 amide bonds. The second-order valence-corrected chi connectivity index (χ2v) is 6.65. The summed E-state index contributed by atoms with van der Waals surface area (Å²) in [5.74, 6) is 0.883. The summed E-state index contributed by atoms with van der Waals surface area (Å²) in [6.07, 6.45) is 0.394. The Kier molecular flexibility index (Phi) is 5.57. The maximum atomic E-state index is 12.3. The van der Waals surface area contributed by atoms with Crippen LogP contribution < -0.4 is 10.1 Å². The van der Waals surface area contributed by atoms with Crippen molar-refractivity contribution in [1.29, 1.82) is 0 Å². The Labute approximate surface area is 157 Å². The smallest absolute Gasteiger partial charge is 0.273 e. The number of hydrogen-bond acceptors (Lipinski definition) is 5. The molecule has 0 aliphatic rings. The lowest BCUT2D eigenvalue weighted by atomic mass is 9.96. The summed E-state index contributed by atoms with van der Waals surface area (Å²) in [4.78, 5) is 12.3. The van der Waals surface area contributed by atoms with Crippen molar-refractivity contribution in [2.24, 2.45) is 0 Å². The van der Waals surface area contributed by atoms with Gasteiger partial charge in [0.1, 0.15) is 5.75 Å². The standard InChI is InChI=1S/C21H22N2O4/c1-21(25,13-15-8-10-17(26-2)11-9-15)14-22-20(24)18-12-19(27-23-18)16-6-4-3-5-7-16/h3-12,25H,13-14H2,1-2H3,(H,22,24)/t21-/m0/s1. The number of benzene rings is 2. The molecule has 1 aromatic heterocycles. The van der Waals surface area contributed by atoms with Crippen LogP contribution in [-0.4, -0.2) is 35.4 Å². The third-order valence-electron chi connectivity index (χ3n) is 4.17. The Hall–Kier alpha value is -3.12. The van der Waals surface area contributed by atoms with Gasteiger partial charge < -0.3 is 19.7 Å². The van der Waals surface area contributed by atoms with Crippen LogP contribution in [0, 0.1) is 0 Å². The van der Waals surface area contributed by atoms with Crippen LogP contribution in [0.4, 0.5) is 0 Å². The summed E-state index contributed by atoms with van der Waals surface area (Å²) in [6.45, 7) is 1.76. The topological polar surface area (TPSA) is 84.6 Å². The lowest BCUT2D eigenvalue weighted by Gasteiger charge is -2.23. The third kappa shape index (κ3) is 4.95. The van der Waals surface area contributed by atoms with E-state index >= 15 is 0 Å². The number of hydrogen-bond donors (Lipinski definition) is 2. The first-order valence-corrected chi connectivity index (χ1v) is 8.62. The van der Waals surface area contributed by atoms with Crippen LogP contribution in [-0.2, 0) is 6.42 Å². The van der Waals surface area contributed by atoms with Crippen LogP contribution in [0.25, 0.3) is 11.3 Å². The zero-order valence-corrected chi connectivity index (χ0v) is 15.3. The quantitative estimate of drug-likeness (QED) is 0.671. The van der Waals surface area contributed by atoms with Crippen LogP contribution in [0.15, 0.2) is 65.2 Å². The molecule has 0 spiro atoms. The van der Waals surface area contributed by atoms with Gasteiger partial charge in [0.15, 0.2) is 11.5 Å². The normalized spacial score (nSPS) is 13.0. The van der Waals surface area contributed by atoms with Crippen molar-refractivity contribution in [2.45, 2.75) is 18.9 Å². The molecule has 0 aliphatic heterocycles. The monoisotopic (exact) mass is 366 g/mol. The minimum absolute atomic E-state index is 0.0887. The van der Waals surface area contributed by atoms with Gasteiger partial charge in [0.05, 0.1) is 12.7 Å². The highest BCUT2D eigenvalue weighted by atomic mass is 16.5. The first-order valence-electron chi connectivity index (χ1n) is 8.62. The lowest BCUT2D eigenvalue weighted by molar-refractivity contribution is 0.0550. The van der Waals surface area contributed by atoms with E-state index in [0.29, 0.717) is 12.2 Å². The molecule has 27 heavy (non-hydrogen) atoms. The van der Waals surface area contributed by atoms with Crippen molar-refractivity contribution in [3.8, 4) is 17.1 Å². The summed E-state index contributed by atoms with van der Waals surface area (Å²) >= 11 is 0. The average molecular weight is 366 g/mol. The minimum atomic E-state index is -1.10. The van der Waals surface area contributed by atoms with Gasteiger partial charge >= 0.3 is 0 Å². The fourth-order valence-corrected chi connectivity index (χ4v) is 2.73. The van der Waals surface area contributed by atoms with E-state index in [9.17, 15) is 9.90 Å². The van der Waals surface area contributed by atoms with E-state index in [1.54, 1.807) is 20.1 Å². The lowest BCUT2D eigenvalue weighted by Crippen LogP contribution is -2.42. The van der Waals surface area contributed by atoms with Crippen molar-refractivity contribution >= 4 is 5.91 Å². The van der Waals surface area contributed by atoms with Gasteiger partial charge in [-0.25, -0.2) is 0 Å². The number of carbonyl (C=O) groups is 1. The molecular weight excluding hydrogens is 344 g/mol. The molecule has 140 valence electrons. The molecule has 6 nitrogen and oxygen atoms in total. The van der Waals surface area contributed by atoms with Gasteiger partial charge in [0, 0.05) is 24.6 Å². The maximum Gasteiger partial charge on any atom is 0.273 e. The van der Waals surface area contributed by atoms with Crippen LogP contribution in [0.2, 0.25) is 0 Å². The van der Waals surface area contributed by atoms with Crippen molar-refractivity contribution in [3.63, 3.8) is 0 Å². The molecule has 2 aromatic carbocycles. The van der Waals surface area contributed by atoms with Gasteiger partial charge in [-0.1, -0.05) is 47.6 Å². The van der Waals surface area contributed by atoms with E-state index in [-0.39, 0.29) is 12.2 Å². The fraction of sp³-hybridized carbons (Fsp3) is 0.238. The Balaban J connectivity index is 1.58. The van der Waals surface area contributed by atoms with Crippen LogP contribution in [0.1, 0.15) is 23.0 Å². The third-order valence-corrected chi connectivity index (χ3v) is 4.17. The van der Waals surface area contributed by atoms with Crippen molar-refractivity contribution in [1.82, 2.24) is 10.5 Å². The van der Waals surface area contributed by atoms with E-state index in [4.69, 9.17) is 9.26 Å². The number of aliphatic hydroxyl groups is 1. The van der Waals surface area contributed by atoms with Gasteiger partial charge in [-0.05, 0) is 24.6 Å². The Morgan fingerprint density at radius 1 is 1.19 bits per heavy atom. The van der Waals surface area contributed by atoms with Crippen molar-refractivity contribution in [3.05, 3.63) is 71.9 Å². The van der Waals surface area contributed by atoms with E-state index in [1.165, 1.54) is 0 Å². The molecule has 0 radical (unpaired) electrons. The van der Waals surface area contributed by atoms with Gasteiger partial charge in [-0.15, -0.1) is 0 Å². The highest BCUT2D eigenvalue weighted by Gasteiger charge is 2.23. The second-order valence-electron chi connectivity index (χ2n) is 6.65. The van der Waals surface area contributed by atoms with Crippen LogP contribution >= 0.6 is 0 Å². The molecule has 0 saturated carbocycles. The van der Waals surface area contributed by atoms with Gasteiger partial charge in [-0.3, -0.25) is 4.79 Å². The zero-order valence-electron chi connectivity index (χ0n) is 15.3.